The Hall–Kier alpha value is -2.17. The quantitative estimate of drug-likeness (QED) is 0.177. The summed E-state index contributed by atoms with van der Waals surface area (Å²) in [5.41, 5.74) is 0.962. The number of guanidine groups is 1. The highest BCUT2D eigenvalue weighted by molar-refractivity contribution is 14.0. The third-order valence-electron chi connectivity index (χ3n) is 3.99. The van der Waals surface area contributed by atoms with Crippen LogP contribution in [0.3, 0.4) is 0 Å². The van der Waals surface area contributed by atoms with Gasteiger partial charge in [0.1, 0.15) is 0 Å². The van der Waals surface area contributed by atoms with E-state index in [-0.39, 0.29) is 35.6 Å². The van der Waals surface area contributed by atoms with E-state index in [0.29, 0.717) is 39.3 Å². The summed E-state index contributed by atoms with van der Waals surface area (Å²) >= 11 is 0. The third kappa shape index (κ3) is 6.28. The molecule has 1 aliphatic heterocycles. The van der Waals surface area contributed by atoms with Crippen LogP contribution < -0.4 is 5.32 Å². The minimum Gasteiger partial charge on any atom is -0.353 e. The number of halogens is 1. The molecule has 0 atom stereocenters. The van der Waals surface area contributed by atoms with E-state index in [0.717, 1.165) is 11.5 Å². The van der Waals surface area contributed by atoms with Gasteiger partial charge in [0.05, 0.1) is 11.5 Å². The molecule has 1 amide bonds. The molecule has 2 rings (SSSR count). The largest absolute Gasteiger partial charge is 0.353 e. The highest BCUT2D eigenvalue weighted by Gasteiger charge is 2.20. The second kappa shape index (κ2) is 10.7. The molecule has 1 fully saturated rings. The number of nitrogens with zero attached hydrogens (tertiary/aromatic N) is 4. The number of hydrogen-bond acceptors (Lipinski definition) is 4. The van der Waals surface area contributed by atoms with Crippen molar-refractivity contribution in [3.8, 4) is 0 Å². The SMILES string of the molecule is C=CCNC(=NCc1ccc([N+](=O)[O-])cc1)N1CCN(C(C)=O)CC1.I. The average molecular weight is 473 g/mol. The number of nitro benzene ring substituents is 1. The Morgan fingerprint density at radius 1 is 1.27 bits per heavy atom. The molecule has 0 aromatic heterocycles. The Balaban J connectivity index is 0.00000338. The van der Waals surface area contributed by atoms with E-state index in [9.17, 15) is 14.9 Å². The first-order valence-corrected chi connectivity index (χ1v) is 8.14. The maximum atomic E-state index is 11.4. The maximum absolute atomic E-state index is 11.4. The first-order valence-electron chi connectivity index (χ1n) is 8.14. The van der Waals surface area contributed by atoms with E-state index in [2.05, 4.69) is 21.8 Å². The van der Waals surface area contributed by atoms with Crippen molar-refractivity contribution in [2.45, 2.75) is 13.5 Å². The Morgan fingerprint density at radius 3 is 2.35 bits per heavy atom. The molecule has 1 N–H and O–H groups in total. The second-order valence-electron chi connectivity index (χ2n) is 5.73. The van der Waals surface area contributed by atoms with E-state index in [4.69, 9.17) is 0 Å². The summed E-state index contributed by atoms with van der Waals surface area (Å²) in [7, 11) is 0. The van der Waals surface area contributed by atoms with Gasteiger partial charge >= 0.3 is 0 Å². The zero-order chi connectivity index (χ0) is 18.2. The molecule has 0 saturated carbocycles. The molecule has 0 bridgehead atoms. The fourth-order valence-electron chi connectivity index (χ4n) is 2.55. The summed E-state index contributed by atoms with van der Waals surface area (Å²) in [5.74, 6) is 0.838. The lowest BCUT2D eigenvalue weighted by molar-refractivity contribution is -0.384. The zero-order valence-corrected chi connectivity index (χ0v) is 17.1. The maximum Gasteiger partial charge on any atom is 0.269 e. The summed E-state index contributed by atoms with van der Waals surface area (Å²) in [6.45, 7) is 9.05. The lowest BCUT2D eigenvalue weighted by Gasteiger charge is -2.36. The number of piperazine rings is 1. The normalized spacial score (nSPS) is 14.4. The van der Waals surface area contributed by atoms with Crippen LogP contribution in [0.2, 0.25) is 0 Å². The fraction of sp³-hybridized carbons (Fsp3) is 0.412. The number of nitro groups is 1. The van der Waals surface area contributed by atoms with Crippen molar-refractivity contribution < 1.29 is 9.72 Å². The van der Waals surface area contributed by atoms with Crippen LogP contribution in [0.4, 0.5) is 5.69 Å². The molecule has 0 spiro atoms. The molecule has 142 valence electrons. The monoisotopic (exact) mass is 473 g/mol. The number of nitrogens with one attached hydrogen (secondary N) is 1. The van der Waals surface area contributed by atoms with Gasteiger partial charge in [-0.1, -0.05) is 18.2 Å². The van der Waals surface area contributed by atoms with Gasteiger partial charge in [-0.15, -0.1) is 30.6 Å². The van der Waals surface area contributed by atoms with Crippen LogP contribution >= 0.6 is 24.0 Å². The highest BCUT2D eigenvalue weighted by atomic mass is 127. The fourth-order valence-corrected chi connectivity index (χ4v) is 2.55. The standard InChI is InChI=1S/C17H23N5O3.HI/c1-3-8-18-17(21-11-9-20(10-12-21)14(2)23)19-13-15-4-6-16(7-5-15)22(24)25;/h3-7H,1,8-13H2,2H3,(H,18,19);1H. The van der Waals surface area contributed by atoms with Crippen molar-refractivity contribution in [3.63, 3.8) is 0 Å². The topological polar surface area (TPSA) is 91.1 Å². The summed E-state index contributed by atoms with van der Waals surface area (Å²) in [6, 6.07) is 6.38. The predicted molar refractivity (Wildman–Crippen MR) is 112 cm³/mol. The molecule has 8 nitrogen and oxygen atoms in total. The van der Waals surface area contributed by atoms with Crippen molar-refractivity contribution >= 4 is 41.5 Å². The molecule has 0 aliphatic carbocycles. The van der Waals surface area contributed by atoms with Crippen molar-refractivity contribution in [2.24, 2.45) is 4.99 Å². The number of benzene rings is 1. The third-order valence-corrected chi connectivity index (χ3v) is 3.99. The Kier molecular flexibility index (Phi) is 9.03. The number of amides is 1. The predicted octanol–water partition coefficient (Wildman–Crippen LogP) is 2.01. The van der Waals surface area contributed by atoms with Crippen LogP contribution in [-0.4, -0.2) is 59.3 Å². The summed E-state index contributed by atoms with van der Waals surface area (Å²) in [6.07, 6.45) is 1.76. The molecule has 0 radical (unpaired) electrons. The summed E-state index contributed by atoms with van der Waals surface area (Å²) < 4.78 is 0. The van der Waals surface area contributed by atoms with Crippen molar-refractivity contribution in [2.75, 3.05) is 32.7 Å². The number of rotatable bonds is 5. The van der Waals surface area contributed by atoms with Gasteiger partial charge < -0.3 is 15.1 Å². The molecule has 1 aliphatic rings. The average Bonchev–Trinajstić information content (AvgIpc) is 2.62. The number of hydrogen-bond donors (Lipinski definition) is 1. The van der Waals surface area contributed by atoms with Gasteiger partial charge in [0.2, 0.25) is 5.91 Å². The number of aliphatic imine (C=N–C) groups is 1. The Labute approximate surface area is 170 Å². The lowest BCUT2D eigenvalue weighted by atomic mass is 10.2. The van der Waals surface area contributed by atoms with Gasteiger partial charge in [0.25, 0.3) is 5.69 Å². The van der Waals surface area contributed by atoms with Gasteiger partial charge in [0, 0.05) is 51.8 Å². The van der Waals surface area contributed by atoms with Crippen LogP contribution in [0.25, 0.3) is 0 Å². The number of non-ortho nitro benzene ring substituents is 1. The number of carbonyl (C=O) groups is 1. The van der Waals surface area contributed by atoms with Crippen molar-refractivity contribution in [1.29, 1.82) is 0 Å². The van der Waals surface area contributed by atoms with Crippen LogP contribution in [0.1, 0.15) is 12.5 Å². The molecule has 9 heteroatoms. The number of carbonyl (C=O) groups excluding carboxylic acids is 1. The van der Waals surface area contributed by atoms with Gasteiger partial charge in [-0.2, -0.15) is 0 Å². The van der Waals surface area contributed by atoms with Gasteiger partial charge in [-0.05, 0) is 5.56 Å². The summed E-state index contributed by atoms with van der Waals surface area (Å²) in [4.78, 5) is 30.3. The van der Waals surface area contributed by atoms with Gasteiger partial charge in [-0.3, -0.25) is 14.9 Å². The van der Waals surface area contributed by atoms with Crippen LogP contribution in [0, 0.1) is 10.1 Å². The Morgan fingerprint density at radius 2 is 1.85 bits per heavy atom. The van der Waals surface area contributed by atoms with Gasteiger partial charge in [0.15, 0.2) is 5.96 Å². The van der Waals surface area contributed by atoms with E-state index in [1.54, 1.807) is 25.1 Å². The van der Waals surface area contributed by atoms with Crippen LogP contribution in [0.5, 0.6) is 0 Å². The molecular formula is C17H24IN5O3. The van der Waals surface area contributed by atoms with E-state index in [1.165, 1.54) is 12.1 Å². The molecule has 1 saturated heterocycles. The smallest absolute Gasteiger partial charge is 0.269 e. The van der Waals surface area contributed by atoms with Crippen LogP contribution in [0.15, 0.2) is 41.9 Å². The molecule has 0 unspecified atom stereocenters. The van der Waals surface area contributed by atoms with E-state index < -0.39 is 4.92 Å². The van der Waals surface area contributed by atoms with E-state index >= 15 is 0 Å². The molecule has 1 aromatic carbocycles. The minimum absolute atomic E-state index is 0. The minimum atomic E-state index is -0.418. The molecular weight excluding hydrogens is 449 g/mol. The molecule has 26 heavy (non-hydrogen) atoms. The second-order valence-corrected chi connectivity index (χ2v) is 5.73. The van der Waals surface area contributed by atoms with Gasteiger partial charge in [-0.25, -0.2) is 4.99 Å². The lowest BCUT2D eigenvalue weighted by Crippen LogP contribution is -2.53. The van der Waals surface area contributed by atoms with E-state index in [1.807, 2.05) is 4.90 Å². The van der Waals surface area contributed by atoms with Crippen molar-refractivity contribution in [3.05, 3.63) is 52.6 Å². The molecule has 1 aromatic rings. The summed E-state index contributed by atoms with van der Waals surface area (Å²) in [5, 5.41) is 13.9. The molecule has 1 heterocycles. The van der Waals surface area contributed by atoms with Crippen LogP contribution in [-0.2, 0) is 11.3 Å². The first kappa shape index (κ1) is 21.9. The Bertz CT molecular complexity index is 655. The first-order chi connectivity index (χ1) is 12.0. The van der Waals surface area contributed by atoms with Crippen molar-refractivity contribution in [1.82, 2.24) is 15.1 Å². The highest BCUT2D eigenvalue weighted by Crippen LogP contribution is 2.13. The zero-order valence-electron chi connectivity index (χ0n) is 14.8.